The van der Waals surface area contributed by atoms with Crippen LogP contribution >= 0.6 is 11.3 Å². The third kappa shape index (κ3) is 9.35. The van der Waals surface area contributed by atoms with Crippen LogP contribution in [0.3, 0.4) is 0 Å². The van der Waals surface area contributed by atoms with E-state index in [9.17, 15) is 9.59 Å². The summed E-state index contributed by atoms with van der Waals surface area (Å²) in [6, 6.07) is 30.0. The average Bonchev–Trinajstić information content (AvgIpc) is 3.51. The van der Waals surface area contributed by atoms with Gasteiger partial charge in [-0.05, 0) is 48.8 Å². The number of nitrogens with one attached hydrogen (secondary N) is 2. The van der Waals surface area contributed by atoms with Crippen molar-refractivity contribution in [3.63, 3.8) is 0 Å². The number of amides is 2. The summed E-state index contributed by atoms with van der Waals surface area (Å²) in [5.41, 5.74) is 5.04. The van der Waals surface area contributed by atoms with Crippen LogP contribution in [0.25, 0.3) is 0 Å². The maximum Gasteiger partial charge on any atom is 0.407 e. The van der Waals surface area contributed by atoms with Crippen molar-refractivity contribution in [3.8, 4) is 0 Å². The van der Waals surface area contributed by atoms with Crippen molar-refractivity contribution in [1.29, 1.82) is 0 Å². The number of hydrogen-bond donors (Lipinski definition) is 2. The van der Waals surface area contributed by atoms with Gasteiger partial charge in [-0.25, -0.2) is 4.79 Å². The number of nitrogens with zero attached hydrogens (tertiary/aromatic N) is 1. The fourth-order valence-electron chi connectivity index (χ4n) is 4.87. The zero-order chi connectivity index (χ0) is 28.0. The topological polar surface area (TPSA) is 80.3 Å². The molecule has 1 heterocycles. The maximum atomic E-state index is 13.5. The fraction of sp³-hybridized carbons (Fsp3) is 0.303. The number of rotatable bonds is 14. The Hall–Kier alpha value is -3.97. The second-order valence-corrected chi connectivity index (χ2v) is 10.9. The van der Waals surface area contributed by atoms with Gasteiger partial charge in [-0.1, -0.05) is 97.9 Å². The molecule has 0 unspecified atom stereocenters. The first-order chi connectivity index (χ1) is 19.6. The van der Waals surface area contributed by atoms with Gasteiger partial charge in [-0.15, -0.1) is 11.3 Å². The number of hydrogen-bond acceptors (Lipinski definition) is 5. The third-order valence-electron chi connectivity index (χ3n) is 6.94. The van der Waals surface area contributed by atoms with Crippen molar-refractivity contribution in [3.05, 3.63) is 124 Å². The Bertz CT molecular complexity index is 1280. The summed E-state index contributed by atoms with van der Waals surface area (Å²) in [5, 5.41) is 6.41. The Morgan fingerprint density at radius 1 is 0.800 bits per heavy atom. The van der Waals surface area contributed by atoms with E-state index in [0.717, 1.165) is 28.0 Å². The SMILES string of the molecule is CC[C@@H](C(=O)N[C@H](CC[C@H](Cc1ccccc1)NC(=O)OCc1cncs1)Cc1ccccc1)c1ccccc1. The summed E-state index contributed by atoms with van der Waals surface area (Å²) in [5.74, 6) is -0.175. The molecule has 40 heavy (non-hydrogen) atoms. The molecule has 0 bridgehead atoms. The minimum atomic E-state index is -0.451. The van der Waals surface area contributed by atoms with Crippen LogP contribution in [0.1, 0.15) is 53.7 Å². The van der Waals surface area contributed by atoms with Crippen LogP contribution in [-0.4, -0.2) is 29.1 Å². The van der Waals surface area contributed by atoms with Gasteiger partial charge >= 0.3 is 6.09 Å². The van der Waals surface area contributed by atoms with Gasteiger partial charge in [0.2, 0.25) is 5.91 Å². The monoisotopic (exact) mass is 555 g/mol. The summed E-state index contributed by atoms with van der Waals surface area (Å²) in [7, 11) is 0. The molecule has 2 N–H and O–H groups in total. The average molecular weight is 556 g/mol. The molecule has 4 aromatic rings. The van der Waals surface area contributed by atoms with E-state index in [1.807, 2.05) is 73.7 Å². The molecule has 208 valence electrons. The highest BCUT2D eigenvalue weighted by Gasteiger charge is 2.23. The van der Waals surface area contributed by atoms with Crippen LogP contribution in [0, 0.1) is 0 Å². The van der Waals surface area contributed by atoms with Crippen LogP contribution in [0.2, 0.25) is 0 Å². The number of carbonyl (C=O) groups is 2. The zero-order valence-electron chi connectivity index (χ0n) is 22.9. The van der Waals surface area contributed by atoms with E-state index in [1.54, 1.807) is 11.7 Å². The number of aromatic nitrogens is 1. The van der Waals surface area contributed by atoms with Crippen LogP contribution in [0.15, 0.2) is 103 Å². The highest BCUT2D eigenvalue weighted by molar-refractivity contribution is 7.09. The Kier molecular flexibility index (Phi) is 11.3. The molecule has 1 aromatic heterocycles. The van der Waals surface area contributed by atoms with Gasteiger partial charge in [0.25, 0.3) is 0 Å². The van der Waals surface area contributed by atoms with Crippen molar-refractivity contribution in [2.75, 3.05) is 0 Å². The van der Waals surface area contributed by atoms with E-state index >= 15 is 0 Å². The van der Waals surface area contributed by atoms with Crippen LogP contribution in [0.5, 0.6) is 0 Å². The van der Waals surface area contributed by atoms with Crippen molar-refractivity contribution < 1.29 is 14.3 Å². The second-order valence-electron chi connectivity index (χ2n) is 9.92. The molecule has 0 aliphatic heterocycles. The van der Waals surface area contributed by atoms with Crippen LogP contribution < -0.4 is 10.6 Å². The van der Waals surface area contributed by atoms with E-state index in [0.29, 0.717) is 25.7 Å². The summed E-state index contributed by atoms with van der Waals surface area (Å²) in [6.45, 7) is 2.24. The largest absolute Gasteiger partial charge is 0.444 e. The summed E-state index contributed by atoms with van der Waals surface area (Å²) in [4.78, 5) is 31.1. The molecule has 0 spiro atoms. The molecular weight excluding hydrogens is 518 g/mol. The first kappa shape index (κ1) is 29.0. The van der Waals surface area contributed by atoms with Crippen molar-refractivity contribution in [2.45, 2.75) is 63.6 Å². The lowest BCUT2D eigenvalue weighted by atomic mass is 9.93. The highest BCUT2D eigenvalue weighted by Crippen LogP contribution is 2.21. The van der Waals surface area contributed by atoms with Gasteiger partial charge in [0.15, 0.2) is 0 Å². The molecule has 6 nitrogen and oxygen atoms in total. The maximum absolute atomic E-state index is 13.5. The van der Waals surface area contributed by atoms with Gasteiger partial charge in [0.05, 0.1) is 16.3 Å². The molecule has 3 aromatic carbocycles. The zero-order valence-corrected chi connectivity index (χ0v) is 23.7. The van der Waals surface area contributed by atoms with Gasteiger partial charge in [0.1, 0.15) is 6.61 Å². The van der Waals surface area contributed by atoms with E-state index < -0.39 is 6.09 Å². The van der Waals surface area contributed by atoms with Crippen LogP contribution in [0.4, 0.5) is 4.79 Å². The summed E-state index contributed by atoms with van der Waals surface area (Å²) >= 11 is 1.45. The van der Waals surface area contributed by atoms with Gasteiger partial charge in [-0.3, -0.25) is 9.78 Å². The minimum Gasteiger partial charge on any atom is -0.444 e. The van der Waals surface area contributed by atoms with Crippen molar-refractivity contribution in [1.82, 2.24) is 15.6 Å². The standard InChI is InChI=1S/C33H37N3O3S/c1-2-31(27-16-10-5-11-17-27)32(37)35-28(20-25-12-6-3-7-13-25)18-19-29(21-26-14-8-4-9-15-26)36-33(38)39-23-30-22-34-24-40-30/h3-17,22,24,28-29,31H,2,18-21,23H2,1H3,(H,35,37)(H,36,38)/t28-,29-,31-/m1/s1. The molecule has 7 heteroatoms. The predicted molar refractivity (Wildman–Crippen MR) is 160 cm³/mol. The fourth-order valence-corrected chi connectivity index (χ4v) is 5.37. The predicted octanol–water partition coefficient (Wildman–Crippen LogP) is 6.68. The summed E-state index contributed by atoms with van der Waals surface area (Å²) < 4.78 is 5.47. The van der Waals surface area contributed by atoms with Gasteiger partial charge in [0, 0.05) is 18.3 Å². The lowest BCUT2D eigenvalue weighted by molar-refractivity contribution is -0.123. The van der Waals surface area contributed by atoms with E-state index in [4.69, 9.17) is 4.74 Å². The number of ether oxygens (including phenoxy) is 1. The molecule has 0 radical (unpaired) electrons. The molecule has 2 amide bonds. The molecular formula is C33H37N3O3S. The Balaban J connectivity index is 1.45. The molecule has 4 rings (SSSR count). The van der Waals surface area contributed by atoms with Crippen molar-refractivity contribution in [2.24, 2.45) is 0 Å². The van der Waals surface area contributed by atoms with E-state index in [1.165, 1.54) is 11.3 Å². The lowest BCUT2D eigenvalue weighted by Gasteiger charge is -2.25. The second kappa shape index (κ2) is 15.6. The molecule has 0 saturated carbocycles. The van der Waals surface area contributed by atoms with E-state index in [-0.39, 0.29) is 30.5 Å². The van der Waals surface area contributed by atoms with E-state index in [2.05, 4.69) is 39.9 Å². The number of thiazole rings is 1. The minimum absolute atomic E-state index is 0.0335. The van der Waals surface area contributed by atoms with Gasteiger partial charge in [-0.2, -0.15) is 0 Å². The van der Waals surface area contributed by atoms with Crippen LogP contribution in [-0.2, 0) is 29.0 Å². The molecule has 0 aliphatic carbocycles. The quantitative estimate of drug-likeness (QED) is 0.182. The van der Waals surface area contributed by atoms with Crippen molar-refractivity contribution >= 4 is 23.3 Å². The first-order valence-electron chi connectivity index (χ1n) is 13.8. The Morgan fingerprint density at radius 2 is 1.35 bits per heavy atom. The first-order valence-corrected chi connectivity index (χ1v) is 14.7. The lowest BCUT2D eigenvalue weighted by Crippen LogP contribution is -2.42. The Morgan fingerprint density at radius 3 is 1.88 bits per heavy atom. The summed E-state index contributed by atoms with van der Waals surface area (Å²) in [6.07, 6.45) is 4.75. The normalized spacial score (nSPS) is 13.1. The number of carbonyl (C=O) groups excluding carboxylic acids is 2. The highest BCUT2D eigenvalue weighted by atomic mass is 32.1. The number of alkyl carbamates (subject to hydrolysis) is 1. The van der Waals surface area contributed by atoms with Gasteiger partial charge < -0.3 is 15.4 Å². The number of benzene rings is 3. The molecule has 3 atom stereocenters. The Labute approximate surface area is 240 Å². The smallest absolute Gasteiger partial charge is 0.407 e. The molecule has 0 fully saturated rings. The third-order valence-corrected chi connectivity index (χ3v) is 7.69. The molecule has 0 saturated heterocycles. The molecule has 0 aliphatic rings.